The number of primary amides is 1. The second kappa shape index (κ2) is 14.1. The Balaban J connectivity index is 3.47. The molecule has 4 amide bonds. The molecular formula is C26H39N5O5. The van der Waals surface area contributed by atoms with E-state index in [9.17, 15) is 24.4 Å². The zero-order valence-corrected chi connectivity index (χ0v) is 22.1. The van der Waals surface area contributed by atoms with Gasteiger partial charge in [0.1, 0.15) is 24.2 Å². The van der Waals surface area contributed by atoms with Crippen LogP contribution in [0, 0.1) is 18.3 Å². The first kappa shape index (κ1) is 30.4. The normalized spacial score (nSPS) is 13.5. The van der Waals surface area contributed by atoms with Crippen molar-refractivity contribution in [3.05, 3.63) is 35.4 Å². The summed E-state index contributed by atoms with van der Waals surface area (Å²) in [5.41, 5.74) is 5.76. The molecule has 1 aromatic rings. The number of carbonyl (C=O) groups is 4. The molecule has 0 heterocycles. The summed E-state index contributed by atoms with van der Waals surface area (Å²) < 4.78 is 5.27. The molecule has 0 radical (unpaired) electrons. The van der Waals surface area contributed by atoms with Crippen molar-refractivity contribution < 1.29 is 23.9 Å². The van der Waals surface area contributed by atoms with E-state index < -0.39 is 48.0 Å². The van der Waals surface area contributed by atoms with Gasteiger partial charge in [-0.05, 0) is 58.6 Å². The highest BCUT2D eigenvalue weighted by Crippen LogP contribution is 2.26. The molecule has 3 atom stereocenters. The van der Waals surface area contributed by atoms with Crippen molar-refractivity contribution in [3.63, 3.8) is 0 Å². The maximum atomic E-state index is 13.8. The molecular weight excluding hydrogens is 462 g/mol. The van der Waals surface area contributed by atoms with E-state index >= 15 is 0 Å². The average molecular weight is 502 g/mol. The highest BCUT2D eigenvalue weighted by atomic mass is 16.6. The Morgan fingerprint density at radius 1 is 1.14 bits per heavy atom. The number of nitriles is 1. The predicted molar refractivity (Wildman–Crippen MR) is 135 cm³/mol. The van der Waals surface area contributed by atoms with Crippen LogP contribution in [0.4, 0.5) is 4.79 Å². The van der Waals surface area contributed by atoms with Crippen LogP contribution in [-0.2, 0) is 19.1 Å². The molecule has 0 bridgehead atoms. The maximum absolute atomic E-state index is 13.8. The molecule has 10 nitrogen and oxygen atoms in total. The molecule has 1 rings (SSSR count). The third-order valence-corrected chi connectivity index (χ3v) is 5.35. The Hall–Kier alpha value is -3.61. The molecule has 0 aromatic heterocycles. The van der Waals surface area contributed by atoms with Gasteiger partial charge in [0, 0.05) is 12.5 Å². The first-order valence-corrected chi connectivity index (χ1v) is 12.1. The topological polar surface area (TPSA) is 155 Å². The summed E-state index contributed by atoms with van der Waals surface area (Å²) in [6.45, 7) is 10.3. The van der Waals surface area contributed by atoms with Gasteiger partial charge < -0.3 is 26.0 Å². The lowest BCUT2D eigenvalue weighted by molar-refractivity contribution is -0.142. The van der Waals surface area contributed by atoms with E-state index in [1.807, 2.05) is 39.0 Å². The zero-order valence-electron chi connectivity index (χ0n) is 22.1. The minimum Gasteiger partial charge on any atom is -0.444 e. The third kappa shape index (κ3) is 9.94. The number of rotatable bonds is 12. The van der Waals surface area contributed by atoms with Gasteiger partial charge >= 0.3 is 6.09 Å². The molecule has 0 saturated heterocycles. The van der Waals surface area contributed by atoms with Crippen LogP contribution in [0.15, 0.2) is 24.3 Å². The van der Waals surface area contributed by atoms with Crippen LogP contribution in [0.3, 0.4) is 0 Å². The van der Waals surface area contributed by atoms with E-state index in [-0.39, 0.29) is 18.9 Å². The number of nitrogens with one attached hydrogen (secondary N) is 2. The van der Waals surface area contributed by atoms with E-state index in [2.05, 4.69) is 10.6 Å². The van der Waals surface area contributed by atoms with Gasteiger partial charge in [-0.25, -0.2) is 4.79 Å². The number of nitrogens with zero attached hydrogens (tertiary/aromatic N) is 2. The SMILES string of the molecule is CCCC(C)NC(=O)C(c1ccccc1C)N(CC#N)C(=O)C(CCC(N)=O)NC(=O)OC(C)(C)C. The van der Waals surface area contributed by atoms with Crippen molar-refractivity contribution in [3.8, 4) is 6.07 Å². The number of ether oxygens (including phenoxy) is 1. The summed E-state index contributed by atoms with van der Waals surface area (Å²) in [4.78, 5) is 52.3. The lowest BCUT2D eigenvalue weighted by atomic mass is 9.97. The number of benzene rings is 1. The molecule has 36 heavy (non-hydrogen) atoms. The molecule has 0 saturated carbocycles. The number of aryl methyl sites for hydroxylation is 1. The number of hydrogen-bond acceptors (Lipinski definition) is 6. The molecule has 198 valence electrons. The lowest BCUT2D eigenvalue weighted by Gasteiger charge is -2.34. The molecule has 4 N–H and O–H groups in total. The Morgan fingerprint density at radius 3 is 2.31 bits per heavy atom. The Morgan fingerprint density at radius 2 is 1.78 bits per heavy atom. The molecule has 3 unspecified atom stereocenters. The predicted octanol–water partition coefficient (Wildman–Crippen LogP) is 2.85. The molecule has 0 fully saturated rings. The van der Waals surface area contributed by atoms with Crippen LogP contribution in [0.1, 0.15) is 77.5 Å². The summed E-state index contributed by atoms with van der Waals surface area (Å²) in [6, 6.07) is 6.51. The summed E-state index contributed by atoms with van der Waals surface area (Å²) in [7, 11) is 0. The van der Waals surface area contributed by atoms with Crippen LogP contribution in [0.5, 0.6) is 0 Å². The van der Waals surface area contributed by atoms with Gasteiger partial charge in [-0.2, -0.15) is 5.26 Å². The second-order valence-corrected chi connectivity index (χ2v) is 9.79. The third-order valence-electron chi connectivity index (χ3n) is 5.35. The Labute approximate surface area is 213 Å². The number of nitrogens with two attached hydrogens (primary N) is 1. The fourth-order valence-corrected chi connectivity index (χ4v) is 3.74. The zero-order chi connectivity index (χ0) is 27.5. The first-order chi connectivity index (χ1) is 16.8. The van der Waals surface area contributed by atoms with Gasteiger partial charge in [0.15, 0.2) is 0 Å². The minimum atomic E-state index is -1.24. The fourth-order valence-electron chi connectivity index (χ4n) is 3.74. The van der Waals surface area contributed by atoms with Crippen molar-refractivity contribution >= 4 is 23.8 Å². The van der Waals surface area contributed by atoms with Gasteiger partial charge in [-0.3, -0.25) is 14.4 Å². The molecule has 0 spiro atoms. The van der Waals surface area contributed by atoms with E-state index in [4.69, 9.17) is 10.5 Å². The lowest BCUT2D eigenvalue weighted by Crippen LogP contribution is -2.54. The number of carbonyl (C=O) groups excluding carboxylic acids is 4. The average Bonchev–Trinajstić information content (AvgIpc) is 2.75. The monoisotopic (exact) mass is 501 g/mol. The molecule has 1 aromatic carbocycles. The molecule has 10 heteroatoms. The summed E-state index contributed by atoms with van der Waals surface area (Å²) in [5.74, 6) is -1.80. The van der Waals surface area contributed by atoms with Crippen molar-refractivity contribution in [1.82, 2.24) is 15.5 Å². The summed E-state index contributed by atoms with van der Waals surface area (Å²) >= 11 is 0. The molecule has 0 aliphatic carbocycles. The quantitative estimate of drug-likeness (QED) is 0.374. The van der Waals surface area contributed by atoms with Crippen molar-refractivity contribution in [2.45, 2.75) is 91.0 Å². The standard InChI is InChI=1S/C26H39N5O5/c1-7-10-18(3)29-23(33)22(19-12-9-8-11-17(19)2)31(16-15-27)24(34)20(13-14-21(28)32)30-25(35)36-26(4,5)6/h8-9,11-12,18,20,22H,7,10,13-14,16H2,1-6H3,(H2,28,32)(H,29,33)(H,30,35). The van der Waals surface area contributed by atoms with E-state index in [1.54, 1.807) is 32.9 Å². The largest absolute Gasteiger partial charge is 0.444 e. The van der Waals surface area contributed by atoms with Crippen LogP contribution in [-0.4, -0.2) is 52.9 Å². The van der Waals surface area contributed by atoms with Crippen molar-refractivity contribution in [2.75, 3.05) is 6.54 Å². The van der Waals surface area contributed by atoms with Crippen LogP contribution < -0.4 is 16.4 Å². The van der Waals surface area contributed by atoms with Gasteiger partial charge in [0.25, 0.3) is 0 Å². The van der Waals surface area contributed by atoms with Crippen molar-refractivity contribution in [2.24, 2.45) is 5.73 Å². The number of amides is 4. The second-order valence-electron chi connectivity index (χ2n) is 9.79. The molecule has 0 aliphatic heterocycles. The van der Waals surface area contributed by atoms with E-state index in [0.29, 0.717) is 5.56 Å². The first-order valence-electron chi connectivity index (χ1n) is 12.1. The van der Waals surface area contributed by atoms with Gasteiger partial charge in [-0.1, -0.05) is 37.6 Å². The van der Waals surface area contributed by atoms with Crippen LogP contribution in [0.25, 0.3) is 0 Å². The molecule has 0 aliphatic rings. The fraction of sp³-hybridized carbons (Fsp3) is 0.577. The summed E-state index contributed by atoms with van der Waals surface area (Å²) in [5, 5.41) is 15.0. The Bertz CT molecular complexity index is 966. The van der Waals surface area contributed by atoms with Gasteiger partial charge in [0.2, 0.25) is 17.7 Å². The number of hydrogen-bond donors (Lipinski definition) is 3. The van der Waals surface area contributed by atoms with E-state index in [0.717, 1.165) is 23.3 Å². The maximum Gasteiger partial charge on any atom is 0.408 e. The number of alkyl carbamates (subject to hydrolysis) is 1. The van der Waals surface area contributed by atoms with Crippen LogP contribution in [0.2, 0.25) is 0 Å². The van der Waals surface area contributed by atoms with Gasteiger partial charge in [0.05, 0.1) is 6.07 Å². The minimum absolute atomic E-state index is 0.121. The van der Waals surface area contributed by atoms with Gasteiger partial charge in [-0.15, -0.1) is 0 Å². The highest BCUT2D eigenvalue weighted by Gasteiger charge is 2.37. The van der Waals surface area contributed by atoms with E-state index in [1.165, 1.54) is 0 Å². The summed E-state index contributed by atoms with van der Waals surface area (Å²) in [6.07, 6.45) is 0.410. The smallest absolute Gasteiger partial charge is 0.408 e. The highest BCUT2D eigenvalue weighted by molar-refractivity contribution is 5.93. The van der Waals surface area contributed by atoms with Crippen LogP contribution >= 0.6 is 0 Å². The Kier molecular flexibility index (Phi) is 11.9. The van der Waals surface area contributed by atoms with Crippen molar-refractivity contribution in [1.29, 1.82) is 5.26 Å².